The van der Waals surface area contributed by atoms with Gasteiger partial charge in [0.25, 0.3) is 9.05 Å². The van der Waals surface area contributed by atoms with Gasteiger partial charge in [-0.25, -0.2) is 8.42 Å². The van der Waals surface area contributed by atoms with Crippen molar-refractivity contribution in [3.63, 3.8) is 0 Å². The van der Waals surface area contributed by atoms with Crippen LogP contribution >= 0.6 is 10.7 Å². The van der Waals surface area contributed by atoms with Gasteiger partial charge in [-0.3, -0.25) is 4.90 Å². The van der Waals surface area contributed by atoms with Crippen molar-refractivity contribution >= 4 is 19.7 Å². The van der Waals surface area contributed by atoms with Gasteiger partial charge in [0.15, 0.2) is 0 Å². The Balaban J connectivity index is 2.16. The van der Waals surface area contributed by atoms with Gasteiger partial charge < -0.3 is 0 Å². The number of benzene rings is 1. The Bertz CT molecular complexity index is 467. The van der Waals surface area contributed by atoms with Crippen LogP contribution in [0.25, 0.3) is 0 Å². The van der Waals surface area contributed by atoms with Gasteiger partial charge in [0.1, 0.15) is 0 Å². The molecule has 0 aliphatic carbocycles. The first kappa shape index (κ1) is 11.9. The Hall–Kier alpha value is -0.580. The molecule has 1 aliphatic rings. The first-order chi connectivity index (χ1) is 7.55. The third-order valence-corrected chi connectivity index (χ3v) is 4.14. The highest BCUT2D eigenvalue weighted by Gasteiger charge is 2.14. The van der Waals surface area contributed by atoms with E-state index in [9.17, 15) is 8.42 Å². The van der Waals surface area contributed by atoms with E-state index < -0.39 is 9.05 Å². The zero-order valence-corrected chi connectivity index (χ0v) is 10.5. The molecule has 0 atom stereocenters. The second-order valence-electron chi connectivity index (χ2n) is 4.07. The summed E-state index contributed by atoms with van der Waals surface area (Å²) in [5.74, 6) is 0. The fourth-order valence-corrected chi connectivity index (χ4v) is 2.82. The quantitative estimate of drug-likeness (QED) is 0.781. The lowest BCUT2D eigenvalue weighted by molar-refractivity contribution is 0.331. The number of nitrogens with zero attached hydrogens (tertiary/aromatic N) is 1. The average Bonchev–Trinajstić information content (AvgIpc) is 2.70. The van der Waals surface area contributed by atoms with Crippen LogP contribution in [0.5, 0.6) is 0 Å². The first-order valence-corrected chi connectivity index (χ1v) is 7.62. The van der Waals surface area contributed by atoms with Crippen molar-refractivity contribution in [2.24, 2.45) is 0 Å². The number of halogens is 1. The smallest absolute Gasteiger partial charge is 0.261 e. The molecule has 1 aromatic carbocycles. The minimum Gasteiger partial charge on any atom is -0.299 e. The molecule has 0 radical (unpaired) electrons. The van der Waals surface area contributed by atoms with Crippen LogP contribution in [-0.4, -0.2) is 26.4 Å². The fourth-order valence-electron chi connectivity index (χ4n) is 1.99. The SMILES string of the molecule is O=S(=O)(Cl)c1cccc(CN2CCCC2)c1. The topological polar surface area (TPSA) is 37.4 Å². The molecule has 3 nitrogen and oxygen atoms in total. The summed E-state index contributed by atoms with van der Waals surface area (Å²) in [6.45, 7) is 3.00. The standard InChI is InChI=1S/C11H14ClNO2S/c12-16(14,15)11-5-3-4-10(8-11)9-13-6-1-2-7-13/h3-5,8H,1-2,6-7,9H2. The zero-order chi connectivity index (χ0) is 11.6. The number of hydrogen-bond donors (Lipinski definition) is 0. The van der Waals surface area contributed by atoms with Crippen molar-refractivity contribution in [3.05, 3.63) is 29.8 Å². The summed E-state index contributed by atoms with van der Waals surface area (Å²) >= 11 is 0. The van der Waals surface area contributed by atoms with E-state index in [1.165, 1.54) is 18.9 Å². The summed E-state index contributed by atoms with van der Waals surface area (Å²) in [5, 5.41) is 0. The molecule has 0 unspecified atom stereocenters. The molecule has 0 aromatic heterocycles. The molecule has 1 fully saturated rings. The van der Waals surface area contributed by atoms with Crippen LogP contribution in [0.3, 0.4) is 0 Å². The largest absolute Gasteiger partial charge is 0.299 e. The lowest BCUT2D eigenvalue weighted by Crippen LogP contribution is -2.18. The van der Waals surface area contributed by atoms with Crippen LogP contribution in [0.2, 0.25) is 0 Å². The summed E-state index contributed by atoms with van der Waals surface area (Å²) in [7, 11) is 1.70. The Morgan fingerprint density at radius 1 is 1.25 bits per heavy atom. The maximum Gasteiger partial charge on any atom is 0.261 e. The summed E-state index contributed by atoms with van der Waals surface area (Å²) in [6, 6.07) is 6.85. The molecule has 2 rings (SSSR count). The van der Waals surface area contributed by atoms with Crippen LogP contribution in [0.4, 0.5) is 0 Å². The third kappa shape index (κ3) is 2.97. The van der Waals surface area contributed by atoms with E-state index in [0.717, 1.165) is 25.2 Å². The highest BCUT2D eigenvalue weighted by atomic mass is 35.7. The maximum atomic E-state index is 11.2. The van der Waals surface area contributed by atoms with E-state index in [4.69, 9.17) is 10.7 Å². The molecule has 0 spiro atoms. The molecule has 0 bridgehead atoms. The number of rotatable bonds is 3. The summed E-state index contributed by atoms with van der Waals surface area (Å²) in [6.07, 6.45) is 2.46. The highest BCUT2D eigenvalue weighted by Crippen LogP contribution is 2.18. The molecule has 1 aliphatic heterocycles. The molecule has 1 aromatic rings. The minimum atomic E-state index is -3.61. The molecular weight excluding hydrogens is 246 g/mol. The van der Waals surface area contributed by atoms with Gasteiger partial charge in [0.2, 0.25) is 0 Å². The molecule has 1 heterocycles. The van der Waals surface area contributed by atoms with Gasteiger partial charge >= 0.3 is 0 Å². The molecule has 0 saturated carbocycles. The average molecular weight is 260 g/mol. The van der Waals surface area contributed by atoms with Gasteiger partial charge in [-0.05, 0) is 43.6 Å². The maximum absolute atomic E-state index is 11.2. The Labute approximate surface area is 100 Å². The van der Waals surface area contributed by atoms with Gasteiger partial charge in [-0.1, -0.05) is 12.1 Å². The highest BCUT2D eigenvalue weighted by molar-refractivity contribution is 8.13. The molecule has 0 amide bonds. The van der Waals surface area contributed by atoms with Crippen molar-refractivity contribution in [1.82, 2.24) is 4.90 Å². The lowest BCUT2D eigenvalue weighted by atomic mass is 10.2. The van der Waals surface area contributed by atoms with Crippen molar-refractivity contribution in [2.75, 3.05) is 13.1 Å². The van der Waals surface area contributed by atoms with Gasteiger partial charge in [-0.2, -0.15) is 0 Å². The zero-order valence-electron chi connectivity index (χ0n) is 8.89. The molecule has 88 valence electrons. The van der Waals surface area contributed by atoms with Gasteiger partial charge in [0.05, 0.1) is 4.90 Å². The van der Waals surface area contributed by atoms with Gasteiger partial charge in [0, 0.05) is 17.2 Å². The summed E-state index contributed by atoms with van der Waals surface area (Å²) in [4.78, 5) is 2.51. The van der Waals surface area contributed by atoms with E-state index in [-0.39, 0.29) is 4.90 Å². The Morgan fingerprint density at radius 3 is 2.56 bits per heavy atom. The van der Waals surface area contributed by atoms with Gasteiger partial charge in [-0.15, -0.1) is 0 Å². The second-order valence-corrected chi connectivity index (χ2v) is 6.63. The molecule has 0 N–H and O–H groups in total. The normalized spacial score (nSPS) is 17.8. The van der Waals surface area contributed by atoms with E-state index in [1.807, 2.05) is 6.07 Å². The number of hydrogen-bond acceptors (Lipinski definition) is 3. The molecule has 5 heteroatoms. The predicted octanol–water partition coefficient (Wildman–Crippen LogP) is 2.21. The predicted molar refractivity (Wildman–Crippen MR) is 64.0 cm³/mol. The van der Waals surface area contributed by atoms with E-state index >= 15 is 0 Å². The van der Waals surface area contributed by atoms with Crippen LogP contribution in [0, 0.1) is 0 Å². The van der Waals surface area contributed by atoms with E-state index in [1.54, 1.807) is 12.1 Å². The second kappa shape index (κ2) is 4.73. The van der Waals surface area contributed by atoms with Crippen LogP contribution < -0.4 is 0 Å². The van der Waals surface area contributed by atoms with Crippen LogP contribution in [-0.2, 0) is 15.6 Å². The van der Waals surface area contributed by atoms with Crippen molar-refractivity contribution in [2.45, 2.75) is 24.3 Å². The van der Waals surface area contributed by atoms with Crippen LogP contribution in [0.1, 0.15) is 18.4 Å². The third-order valence-electron chi connectivity index (χ3n) is 2.78. The van der Waals surface area contributed by atoms with E-state index in [2.05, 4.69) is 4.90 Å². The lowest BCUT2D eigenvalue weighted by Gasteiger charge is -2.14. The Morgan fingerprint density at radius 2 is 1.94 bits per heavy atom. The van der Waals surface area contributed by atoms with E-state index in [0.29, 0.717) is 0 Å². The van der Waals surface area contributed by atoms with Crippen molar-refractivity contribution in [3.8, 4) is 0 Å². The fraction of sp³-hybridized carbons (Fsp3) is 0.455. The van der Waals surface area contributed by atoms with Crippen molar-refractivity contribution < 1.29 is 8.42 Å². The number of likely N-dealkylation sites (tertiary alicyclic amines) is 1. The molecule has 16 heavy (non-hydrogen) atoms. The minimum absolute atomic E-state index is 0.186. The first-order valence-electron chi connectivity index (χ1n) is 5.32. The molecular formula is C11H14ClNO2S. The van der Waals surface area contributed by atoms with Crippen molar-refractivity contribution in [1.29, 1.82) is 0 Å². The van der Waals surface area contributed by atoms with Crippen LogP contribution in [0.15, 0.2) is 29.2 Å². The summed E-state index contributed by atoms with van der Waals surface area (Å²) < 4.78 is 22.3. The Kier molecular flexibility index (Phi) is 3.52. The monoisotopic (exact) mass is 259 g/mol. The molecule has 1 saturated heterocycles. The summed E-state index contributed by atoms with van der Waals surface area (Å²) in [5.41, 5.74) is 1.00.